The second kappa shape index (κ2) is 3.92. The monoisotopic (exact) mass is 292 g/mol. The number of pyridine rings is 1. The van der Waals surface area contributed by atoms with Crippen molar-refractivity contribution in [3.8, 4) is 0 Å². The highest BCUT2D eigenvalue weighted by molar-refractivity contribution is 9.10. The van der Waals surface area contributed by atoms with Gasteiger partial charge >= 0.3 is 0 Å². The molecule has 0 aliphatic carbocycles. The zero-order chi connectivity index (χ0) is 11.8. The van der Waals surface area contributed by atoms with Crippen molar-refractivity contribution in [3.63, 3.8) is 0 Å². The van der Waals surface area contributed by atoms with E-state index >= 15 is 0 Å². The van der Waals surface area contributed by atoms with Gasteiger partial charge < -0.3 is 4.98 Å². The average Bonchev–Trinajstić information content (AvgIpc) is 2.96. The van der Waals surface area contributed by atoms with Crippen LogP contribution in [0.3, 0.4) is 0 Å². The Hall–Kier alpha value is -1.76. The summed E-state index contributed by atoms with van der Waals surface area (Å²) in [5, 5.41) is 4.10. The largest absolute Gasteiger partial charge is 0.339 e. The van der Waals surface area contributed by atoms with Gasteiger partial charge in [0.2, 0.25) is 0 Å². The summed E-state index contributed by atoms with van der Waals surface area (Å²) >= 11 is 3.38. The molecule has 0 saturated heterocycles. The van der Waals surface area contributed by atoms with Gasteiger partial charge in [0.1, 0.15) is 24.5 Å². The molecule has 0 aliphatic heterocycles. The van der Waals surface area contributed by atoms with Crippen molar-refractivity contribution >= 4 is 27.1 Å². The fraction of sp³-hybridized carbons (Fsp3) is 0.200. The van der Waals surface area contributed by atoms with E-state index in [9.17, 15) is 0 Å². The number of hydrogen-bond acceptors (Lipinski definition) is 4. The van der Waals surface area contributed by atoms with Crippen LogP contribution < -0.4 is 0 Å². The van der Waals surface area contributed by atoms with Crippen LogP contribution in [0.1, 0.15) is 18.8 Å². The van der Waals surface area contributed by atoms with Gasteiger partial charge in [0.05, 0.1) is 5.52 Å². The highest BCUT2D eigenvalue weighted by Crippen LogP contribution is 2.19. The van der Waals surface area contributed by atoms with E-state index in [0.717, 1.165) is 15.8 Å². The van der Waals surface area contributed by atoms with Gasteiger partial charge in [-0.2, -0.15) is 5.10 Å². The summed E-state index contributed by atoms with van der Waals surface area (Å²) in [6.45, 7) is 2.00. The molecule has 17 heavy (non-hydrogen) atoms. The molecule has 3 rings (SSSR count). The van der Waals surface area contributed by atoms with Crippen molar-refractivity contribution in [2.75, 3.05) is 0 Å². The van der Waals surface area contributed by atoms with Crippen LogP contribution in [0.4, 0.5) is 0 Å². The summed E-state index contributed by atoms with van der Waals surface area (Å²) in [6, 6.07) is 1.96. The highest BCUT2D eigenvalue weighted by atomic mass is 79.9. The minimum Gasteiger partial charge on any atom is -0.339 e. The fourth-order valence-corrected chi connectivity index (χ4v) is 1.96. The van der Waals surface area contributed by atoms with Crippen molar-refractivity contribution < 1.29 is 0 Å². The van der Waals surface area contributed by atoms with E-state index in [1.807, 2.05) is 13.0 Å². The normalized spacial score (nSPS) is 13.1. The third-order valence-corrected chi connectivity index (χ3v) is 2.99. The predicted molar refractivity (Wildman–Crippen MR) is 65.4 cm³/mol. The van der Waals surface area contributed by atoms with E-state index in [-0.39, 0.29) is 6.04 Å². The van der Waals surface area contributed by atoms with Crippen molar-refractivity contribution in [1.29, 1.82) is 0 Å². The lowest BCUT2D eigenvalue weighted by Crippen LogP contribution is -2.08. The van der Waals surface area contributed by atoms with E-state index in [1.54, 1.807) is 17.2 Å². The zero-order valence-corrected chi connectivity index (χ0v) is 10.6. The number of rotatable bonds is 2. The number of aromatic amines is 1. The first-order valence-corrected chi connectivity index (χ1v) is 5.88. The van der Waals surface area contributed by atoms with Crippen LogP contribution in [0.2, 0.25) is 0 Å². The molecule has 1 N–H and O–H groups in total. The van der Waals surface area contributed by atoms with E-state index in [4.69, 9.17) is 0 Å². The van der Waals surface area contributed by atoms with E-state index in [0.29, 0.717) is 5.65 Å². The molecule has 0 aliphatic rings. The third-order valence-electron chi connectivity index (χ3n) is 2.55. The van der Waals surface area contributed by atoms with E-state index in [1.165, 1.54) is 6.33 Å². The molecule has 0 spiro atoms. The van der Waals surface area contributed by atoms with Crippen molar-refractivity contribution in [3.05, 3.63) is 35.2 Å². The topological polar surface area (TPSA) is 72.3 Å². The Bertz CT molecular complexity index is 644. The van der Waals surface area contributed by atoms with Gasteiger partial charge in [-0.1, -0.05) is 0 Å². The van der Waals surface area contributed by atoms with Gasteiger partial charge in [-0.15, -0.1) is 0 Å². The first-order valence-electron chi connectivity index (χ1n) is 5.09. The van der Waals surface area contributed by atoms with Gasteiger partial charge in [0.15, 0.2) is 5.65 Å². The number of halogens is 1. The summed E-state index contributed by atoms with van der Waals surface area (Å²) in [5.74, 6) is 0.816. The molecule has 1 unspecified atom stereocenters. The summed E-state index contributed by atoms with van der Waals surface area (Å²) in [5.41, 5.74) is 1.61. The third kappa shape index (κ3) is 1.82. The SMILES string of the molecule is CC(c1nc2ncc(Br)cc2[nH]1)n1cncn1. The molecule has 0 saturated carbocycles. The maximum Gasteiger partial charge on any atom is 0.177 e. The van der Waals surface area contributed by atoms with Crippen LogP contribution >= 0.6 is 15.9 Å². The minimum atomic E-state index is 0.00507. The van der Waals surface area contributed by atoms with Crippen molar-refractivity contribution in [1.82, 2.24) is 29.7 Å². The summed E-state index contributed by atoms with van der Waals surface area (Å²) in [4.78, 5) is 15.8. The number of imidazole rings is 1. The lowest BCUT2D eigenvalue weighted by Gasteiger charge is -2.06. The molecule has 0 amide bonds. The van der Waals surface area contributed by atoms with E-state index in [2.05, 4.69) is 41.0 Å². The van der Waals surface area contributed by atoms with Gasteiger partial charge in [-0.25, -0.2) is 19.6 Å². The first kappa shape index (κ1) is 10.4. The van der Waals surface area contributed by atoms with Gasteiger partial charge in [0, 0.05) is 10.7 Å². The molecule has 7 heteroatoms. The average molecular weight is 293 g/mol. The molecule has 3 aromatic rings. The number of nitrogens with one attached hydrogen (secondary N) is 1. The number of nitrogens with zero attached hydrogens (tertiary/aromatic N) is 5. The molecule has 6 nitrogen and oxygen atoms in total. The summed E-state index contributed by atoms with van der Waals surface area (Å²) in [7, 11) is 0. The molecular formula is C10H9BrN6. The van der Waals surface area contributed by atoms with Gasteiger partial charge in [-0.3, -0.25) is 0 Å². The highest BCUT2D eigenvalue weighted by Gasteiger charge is 2.13. The summed E-state index contributed by atoms with van der Waals surface area (Å²) in [6.07, 6.45) is 4.91. The Kier molecular flexibility index (Phi) is 2.40. The van der Waals surface area contributed by atoms with Crippen LogP contribution in [-0.4, -0.2) is 29.7 Å². The minimum absolute atomic E-state index is 0.00507. The Labute approximate surface area is 105 Å². The molecule has 0 radical (unpaired) electrons. The maximum atomic E-state index is 4.43. The van der Waals surface area contributed by atoms with Crippen LogP contribution in [0.15, 0.2) is 29.4 Å². The molecule has 86 valence electrons. The van der Waals surface area contributed by atoms with Crippen LogP contribution in [0, 0.1) is 0 Å². The number of H-pyrrole nitrogens is 1. The Morgan fingerprint density at radius 3 is 3.12 bits per heavy atom. The molecular weight excluding hydrogens is 284 g/mol. The van der Waals surface area contributed by atoms with Crippen molar-refractivity contribution in [2.24, 2.45) is 0 Å². The standard InChI is InChI=1S/C10H9BrN6/c1-6(17-5-12-4-14-17)9-15-8-2-7(11)3-13-10(8)16-9/h2-6H,1H3,(H,13,15,16). The zero-order valence-electron chi connectivity index (χ0n) is 9.00. The molecule has 1 atom stereocenters. The fourth-order valence-electron chi connectivity index (χ4n) is 1.63. The quantitative estimate of drug-likeness (QED) is 0.783. The van der Waals surface area contributed by atoms with Crippen LogP contribution in [-0.2, 0) is 0 Å². The van der Waals surface area contributed by atoms with Crippen LogP contribution in [0.5, 0.6) is 0 Å². The summed E-state index contributed by atoms with van der Waals surface area (Å²) < 4.78 is 2.67. The lowest BCUT2D eigenvalue weighted by atomic mass is 10.3. The Morgan fingerprint density at radius 1 is 1.47 bits per heavy atom. The Morgan fingerprint density at radius 2 is 2.35 bits per heavy atom. The van der Waals surface area contributed by atoms with Crippen molar-refractivity contribution in [2.45, 2.75) is 13.0 Å². The first-order chi connectivity index (χ1) is 8.24. The van der Waals surface area contributed by atoms with Gasteiger partial charge in [0.25, 0.3) is 0 Å². The molecule has 0 aromatic carbocycles. The lowest BCUT2D eigenvalue weighted by molar-refractivity contribution is 0.540. The second-order valence-corrected chi connectivity index (χ2v) is 4.61. The Balaban J connectivity index is 2.06. The van der Waals surface area contributed by atoms with Crippen LogP contribution in [0.25, 0.3) is 11.2 Å². The molecule has 3 aromatic heterocycles. The molecule has 0 fully saturated rings. The number of aromatic nitrogens is 6. The smallest absolute Gasteiger partial charge is 0.177 e. The maximum absolute atomic E-state index is 4.43. The molecule has 3 heterocycles. The predicted octanol–water partition coefficient (Wildman–Crippen LogP) is 1.92. The number of hydrogen-bond donors (Lipinski definition) is 1. The van der Waals surface area contributed by atoms with Gasteiger partial charge in [-0.05, 0) is 28.9 Å². The number of fused-ring (bicyclic) bond motifs is 1. The second-order valence-electron chi connectivity index (χ2n) is 3.70. The molecule has 0 bridgehead atoms. The van der Waals surface area contributed by atoms with E-state index < -0.39 is 0 Å².